The van der Waals surface area contributed by atoms with Crippen LogP contribution in [0, 0.1) is 0 Å². The van der Waals surface area contributed by atoms with Gasteiger partial charge in [0.15, 0.2) is 5.58 Å². The molecule has 0 bridgehead atoms. The molecular formula is C16H13Cl2N3O4. The van der Waals surface area contributed by atoms with E-state index in [1.165, 1.54) is 19.5 Å². The normalized spacial score (nSPS) is 10.9. The van der Waals surface area contributed by atoms with Crippen LogP contribution >= 0.6 is 23.2 Å². The molecule has 7 nitrogen and oxygen atoms in total. The maximum absolute atomic E-state index is 12.7. The molecule has 2 N–H and O–H groups in total. The minimum absolute atomic E-state index is 0.0280. The van der Waals surface area contributed by atoms with Gasteiger partial charge in [-0.05, 0) is 6.07 Å². The lowest BCUT2D eigenvalue weighted by Gasteiger charge is -2.09. The van der Waals surface area contributed by atoms with Crippen molar-refractivity contribution in [2.45, 2.75) is 13.3 Å². The van der Waals surface area contributed by atoms with Crippen molar-refractivity contribution in [3.63, 3.8) is 0 Å². The lowest BCUT2D eigenvalue weighted by molar-refractivity contribution is 0.102. The molecule has 25 heavy (non-hydrogen) atoms. The molecule has 9 heteroatoms. The van der Waals surface area contributed by atoms with Crippen LogP contribution in [0.15, 0.2) is 27.7 Å². The predicted octanol–water partition coefficient (Wildman–Crippen LogP) is 3.65. The number of ether oxygens (including phenoxy) is 1. The highest BCUT2D eigenvalue weighted by Gasteiger charge is 2.20. The second-order valence-electron chi connectivity index (χ2n) is 5.10. The van der Waals surface area contributed by atoms with E-state index in [0.29, 0.717) is 23.2 Å². The Morgan fingerprint density at radius 2 is 2.20 bits per heavy atom. The zero-order valence-corrected chi connectivity index (χ0v) is 14.8. The fourth-order valence-electron chi connectivity index (χ4n) is 2.33. The van der Waals surface area contributed by atoms with Crippen molar-refractivity contribution in [1.82, 2.24) is 9.97 Å². The first-order valence-corrected chi connectivity index (χ1v) is 8.05. The summed E-state index contributed by atoms with van der Waals surface area (Å²) >= 11 is 11.9. The quantitative estimate of drug-likeness (QED) is 0.718. The van der Waals surface area contributed by atoms with Crippen LogP contribution < -0.4 is 15.6 Å². The first-order chi connectivity index (χ1) is 12.0. The van der Waals surface area contributed by atoms with Gasteiger partial charge in [-0.3, -0.25) is 9.59 Å². The van der Waals surface area contributed by atoms with Crippen LogP contribution in [0.5, 0.6) is 5.88 Å². The van der Waals surface area contributed by atoms with Crippen LogP contribution in [0.1, 0.15) is 23.0 Å². The summed E-state index contributed by atoms with van der Waals surface area (Å²) in [6.45, 7) is 1.92. The molecule has 0 aliphatic rings. The summed E-state index contributed by atoms with van der Waals surface area (Å²) in [4.78, 5) is 30.7. The Balaban J connectivity index is 2.08. The number of amides is 1. The summed E-state index contributed by atoms with van der Waals surface area (Å²) in [7, 11) is 1.46. The van der Waals surface area contributed by atoms with Crippen LogP contribution in [0.3, 0.4) is 0 Å². The van der Waals surface area contributed by atoms with Gasteiger partial charge in [0.25, 0.3) is 17.3 Å². The Labute approximate surface area is 151 Å². The summed E-state index contributed by atoms with van der Waals surface area (Å²) in [5.74, 6) is 0.430. The van der Waals surface area contributed by atoms with Crippen molar-refractivity contribution in [3.8, 4) is 5.88 Å². The number of nitrogens with one attached hydrogen (secondary N) is 2. The average Bonchev–Trinajstić information content (AvgIpc) is 3.05. The third kappa shape index (κ3) is 3.08. The molecular weight excluding hydrogens is 369 g/mol. The highest BCUT2D eigenvalue weighted by molar-refractivity contribution is 6.39. The van der Waals surface area contributed by atoms with Crippen molar-refractivity contribution >= 4 is 45.8 Å². The molecule has 3 aromatic rings. The molecule has 130 valence electrons. The predicted molar refractivity (Wildman–Crippen MR) is 95.0 cm³/mol. The number of fused-ring (bicyclic) bond motifs is 1. The van der Waals surface area contributed by atoms with Crippen molar-refractivity contribution in [1.29, 1.82) is 0 Å². The van der Waals surface area contributed by atoms with Gasteiger partial charge in [0.05, 0.1) is 23.4 Å². The maximum Gasteiger partial charge on any atom is 0.268 e. The second-order valence-corrected chi connectivity index (χ2v) is 5.88. The van der Waals surface area contributed by atoms with Gasteiger partial charge >= 0.3 is 0 Å². The van der Waals surface area contributed by atoms with Gasteiger partial charge in [0.2, 0.25) is 0 Å². The fraction of sp³-hybridized carbons (Fsp3) is 0.188. The highest BCUT2D eigenvalue weighted by atomic mass is 35.5. The standard InChI is InChI=1S/C16H13Cl2N3O4/c1-3-7-4-8-9(5-20-16(24-2)13(8)25-7)14(22)21-12-10(17)6-19-15(23)11(12)18/h4-6H,3H2,1-2H3,(H2,19,21,22,23). The number of rotatable bonds is 4. The van der Waals surface area contributed by atoms with Crippen molar-refractivity contribution < 1.29 is 13.9 Å². The number of halogens is 2. The van der Waals surface area contributed by atoms with Gasteiger partial charge in [-0.15, -0.1) is 0 Å². The van der Waals surface area contributed by atoms with Gasteiger partial charge < -0.3 is 19.5 Å². The zero-order chi connectivity index (χ0) is 18.1. The van der Waals surface area contributed by atoms with Gasteiger partial charge in [-0.25, -0.2) is 4.98 Å². The maximum atomic E-state index is 12.7. The molecule has 0 aliphatic carbocycles. The van der Waals surface area contributed by atoms with Crippen LogP contribution in [0.25, 0.3) is 11.0 Å². The number of H-pyrrole nitrogens is 1. The number of methoxy groups -OCH3 is 1. The Morgan fingerprint density at radius 1 is 1.44 bits per heavy atom. The minimum atomic E-state index is -0.559. The van der Waals surface area contributed by atoms with Gasteiger partial charge in [0.1, 0.15) is 10.8 Å². The van der Waals surface area contributed by atoms with E-state index >= 15 is 0 Å². The van der Waals surface area contributed by atoms with E-state index in [0.717, 1.165) is 0 Å². The van der Waals surface area contributed by atoms with E-state index in [-0.39, 0.29) is 27.2 Å². The summed E-state index contributed by atoms with van der Waals surface area (Å²) in [5.41, 5.74) is 0.0815. The van der Waals surface area contributed by atoms with Gasteiger partial charge in [-0.2, -0.15) is 0 Å². The molecule has 1 amide bonds. The first-order valence-electron chi connectivity index (χ1n) is 7.29. The SMILES string of the molecule is CCc1cc2c(C(=O)Nc3c(Cl)c[nH]c(=O)c3Cl)cnc(OC)c2o1. The largest absolute Gasteiger partial charge is 0.478 e. The Bertz CT molecular complexity index is 1030. The van der Waals surface area contributed by atoms with Crippen LogP contribution in [0.2, 0.25) is 10.0 Å². The Hall–Kier alpha value is -2.51. The molecule has 0 aromatic carbocycles. The van der Waals surface area contributed by atoms with Crippen LogP contribution in [-0.4, -0.2) is 23.0 Å². The number of hydrogen-bond donors (Lipinski definition) is 2. The molecule has 3 heterocycles. The van der Waals surface area contributed by atoms with E-state index < -0.39 is 11.5 Å². The smallest absolute Gasteiger partial charge is 0.268 e. The van der Waals surface area contributed by atoms with E-state index in [4.69, 9.17) is 32.4 Å². The molecule has 0 spiro atoms. The summed E-state index contributed by atoms with van der Waals surface area (Å²) < 4.78 is 10.8. The molecule has 0 radical (unpaired) electrons. The third-order valence-corrected chi connectivity index (χ3v) is 4.25. The summed E-state index contributed by atoms with van der Waals surface area (Å²) in [6.07, 6.45) is 3.26. The van der Waals surface area contributed by atoms with Crippen LogP contribution in [0.4, 0.5) is 5.69 Å². The lowest BCUT2D eigenvalue weighted by Crippen LogP contribution is -2.17. The monoisotopic (exact) mass is 381 g/mol. The van der Waals surface area contributed by atoms with E-state index in [9.17, 15) is 9.59 Å². The molecule has 0 atom stereocenters. The van der Waals surface area contributed by atoms with Crippen molar-refractivity contribution in [3.05, 3.63) is 50.2 Å². The van der Waals surface area contributed by atoms with Gasteiger partial charge in [0, 0.05) is 24.2 Å². The average molecular weight is 382 g/mol. The minimum Gasteiger partial charge on any atom is -0.478 e. The Morgan fingerprint density at radius 3 is 2.88 bits per heavy atom. The number of aryl methyl sites for hydroxylation is 1. The van der Waals surface area contributed by atoms with Crippen molar-refractivity contribution in [2.24, 2.45) is 0 Å². The number of anilines is 1. The second kappa shape index (κ2) is 6.78. The number of carbonyl (C=O) groups excluding carboxylic acids is 1. The molecule has 0 fully saturated rings. The van der Waals surface area contributed by atoms with E-state index in [1.807, 2.05) is 6.92 Å². The summed E-state index contributed by atoms with van der Waals surface area (Å²) in [5, 5.41) is 2.99. The number of aromatic nitrogens is 2. The number of pyridine rings is 2. The molecule has 3 aromatic heterocycles. The number of nitrogens with zero attached hydrogens (tertiary/aromatic N) is 1. The molecule has 0 saturated carbocycles. The number of furan rings is 1. The summed E-state index contributed by atoms with van der Waals surface area (Å²) in [6, 6.07) is 1.75. The molecule has 3 rings (SSSR count). The van der Waals surface area contributed by atoms with E-state index in [1.54, 1.807) is 6.07 Å². The number of aromatic amines is 1. The van der Waals surface area contributed by atoms with Crippen molar-refractivity contribution in [2.75, 3.05) is 12.4 Å². The van der Waals surface area contributed by atoms with Gasteiger partial charge in [-0.1, -0.05) is 30.1 Å². The molecule has 0 saturated heterocycles. The van der Waals surface area contributed by atoms with E-state index in [2.05, 4.69) is 15.3 Å². The number of hydrogen-bond acceptors (Lipinski definition) is 5. The molecule has 0 aliphatic heterocycles. The third-order valence-electron chi connectivity index (χ3n) is 3.59. The first kappa shape index (κ1) is 17.3. The fourth-order valence-corrected chi connectivity index (χ4v) is 2.78. The topological polar surface area (TPSA) is 97.2 Å². The Kier molecular flexibility index (Phi) is 4.69. The number of carbonyl (C=O) groups is 1. The lowest BCUT2D eigenvalue weighted by atomic mass is 10.1. The van der Waals surface area contributed by atoms with Crippen LogP contribution in [-0.2, 0) is 6.42 Å². The highest BCUT2D eigenvalue weighted by Crippen LogP contribution is 2.31. The molecule has 0 unspecified atom stereocenters. The zero-order valence-electron chi connectivity index (χ0n) is 13.3.